The summed E-state index contributed by atoms with van der Waals surface area (Å²) in [6, 6.07) is 0. The van der Waals surface area contributed by atoms with E-state index in [1.807, 2.05) is 0 Å². The molecule has 0 bridgehead atoms. The van der Waals surface area contributed by atoms with Gasteiger partial charge in [0.15, 0.2) is 0 Å². The van der Waals surface area contributed by atoms with Crippen molar-refractivity contribution in [1.82, 2.24) is 0 Å². The van der Waals surface area contributed by atoms with Crippen molar-refractivity contribution >= 4 is 0 Å². The Kier molecular flexibility index (Phi) is 6.60. The van der Waals surface area contributed by atoms with Gasteiger partial charge >= 0.3 is 63.9 Å². The molecule has 2 heteroatoms. The van der Waals surface area contributed by atoms with Crippen molar-refractivity contribution in [1.29, 1.82) is 0 Å². The van der Waals surface area contributed by atoms with Gasteiger partial charge in [-0.05, 0) is 0 Å². The van der Waals surface area contributed by atoms with Gasteiger partial charge in [-0.25, -0.2) is 0 Å². The van der Waals surface area contributed by atoms with Gasteiger partial charge in [-0.2, -0.15) is 0 Å². The topological polar surface area (TPSA) is 9.23 Å². The minimum absolute atomic E-state index is 0.353. The number of rotatable bonds is 4. The predicted molar refractivity (Wildman–Crippen MR) is 31.3 cm³/mol. The van der Waals surface area contributed by atoms with Gasteiger partial charge in [-0.15, -0.1) is 0 Å². The summed E-state index contributed by atoms with van der Waals surface area (Å²) in [5.41, 5.74) is 0. The van der Waals surface area contributed by atoms with E-state index in [1.165, 1.54) is 4.13 Å². The quantitative estimate of drug-likeness (QED) is 0.621. The molecule has 0 aliphatic carbocycles. The van der Waals surface area contributed by atoms with E-state index in [4.69, 9.17) is 2.81 Å². The molecular formula is C6H14OZr. The van der Waals surface area contributed by atoms with Crippen molar-refractivity contribution in [3.63, 3.8) is 0 Å². The fraction of sp³-hybridized carbons (Fsp3) is 1.00. The Hall–Kier alpha value is 0.843. The summed E-state index contributed by atoms with van der Waals surface area (Å²) in [6.45, 7) is 7.57. The predicted octanol–water partition coefficient (Wildman–Crippen LogP) is 2.09. The second kappa shape index (κ2) is 5.97. The van der Waals surface area contributed by atoms with E-state index < -0.39 is 0 Å². The standard InChI is InChI=1S/C4H9O.C2H5.Zr/c1-4(2)3-5;1-2;/h4H,3H2,1-2H3;1H2,2H3;/q-1;;+1. The first kappa shape index (κ1) is 8.84. The van der Waals surface area contributed by atoms with Gasteiger partial charge < -0.3 is 0 Å². The third kappa shape index (κ3) is 6.84. The van der Waals surface area contributed by atoms with E-state index in [0.717, 1.165) is 12.5 Å². The Morgan fingerprint density at radius 2 is 2.12 bits per heavy atom. The average molecular weight is 193 g/mol. The molecule has 8 heavy (non-hydrogen) atoms. The Bertz CT molecular complexity index is 45.8. The van der Waals surface area contributed by atoms with E-state index in [2.05, 4.69) is 20.8 Å². The second-order valence-electron chi connectivity index (χ2n) is 2.20. The summed E-state index contributed by atoms with van der Waals surface area (Å²) in [5, 5.41) is 0. The zero-order valence-electron chi connectivity index (χ0n) is 5.90. The SMILES string of the molecule is C[CH2][Zr][O]CC(C)C. The molecule has 0 radical (unpaired) electrons. The first-order valence-corrected chi connectivity index (χ1v) is 5.86. The van der Waals surface area contributed by atoms with Gasteiger partial charge in [0.05, 0.1) is 0 Å². The van der Waals surface area contributed by atoms with Crippen molar-refractivity contribution in [3.05, 3.63) is 0 Å². The van der Waals surface area contributed by atoms with Gasteiger partial charge in [0.25, 0.3) is 0 Å². The molecule has 0 aliphatic heterocycles. The number of hydrogen-bond donors (Lipinski definition) is 0. The Morgan fingerprint density at radius 1 is 1.50 bits per heavy atom. The average Bonchev–Trinajstić information content (AvgIpc) is 1.66. The monoisotopic (exact) mass is 192 g/mol. The molecule has 0 spiro atoms. The fourth-order valence-corrected chi connectivity index (χ4v) is 1.94. The number of hydrogen-bond acceptors (Lipinski definition) is 1. The minimum atomic E-state index is -0.353. The van der Waals surface area contributed by atoms with Crippen LogP contribution in [0.3, 0.4) is 0 Å². The van der Waals surface area contributed by atoms with Crippen LogP contribution in [0.1, 0.15) is 20.8 Å². The van der Waals surface area contributed by atoms with Gasteiger partial charge in [-0.3, -0.25) is 0 Å². The van der Waals surface area contributed by atoms with Crippen molar-refractivity contribution < 1.29 is 26.5 Å². The molecule has 0 rings (SSSR count). The summed E-state index contributed by atoms with van der Waals surface area (Å²) in [7, 11) is 0. The molecule has 0 saturated heterocycles. The fourth-order valence-electron chi connectivity index (χ4n) is 0.328. The van der Waals surface area contributed by atoms with Gasteiger partial charge in [0.2, 0.25) is 0 Å². The molecule has 0 amide bonds. The first-order chi connectivity index (χ1) is 3.77. The Balaban J connectivity index is 2.72. The van der Waals surface area contributed by atoms with Crippen molar-refractivity contribution in [2.45, 2.75) is 24.9 Å². The van der Waals surface area contributed by atoms with E-state index in [-0.39, 0.29) is 23.7 Å². The van der Waals surface area contributed by atoms with Crippen molar-refractivity contribution in [2.75, 3.05) is 6.61 Å². The van der Waals surface area contributed by atoms with E-state index in [9.17, 15) is 0 Å². The van der Waals surface area contributed by atoms with Crippen LogP contribution in [0.5, 0.6) is 0 Å². The van der Waals surface area contributed by atoms with Crippen LogP contribution in [0.2, 0.25) is 4.13 Å². The van der Waals surface area contributed by atoms with Crippen LogP contribution in [0.25, 0.3) is 0 Å². The van der Waals surface area contributed by atoms with Crippen LogP contribution in [0, 0.1) is 5.92 Å². The third-order valence-corrected chi connectivity index (χ3v) is 2.28. The zero-order valence-corrected chi connectivity index (χ0v) is 8.36. The molecule has 0 aromatic heterocycles. The van der Waals surface area contributed by atoms with Gasteiger partial charge in [-0.1, -0.05) is 0 Å². The van der Waals surface area contributed by atoms with E-state index in [1.54, 1.807) is 0 Å². The molecule has 0 saturated carbocycles. The molecule has 0 N–H and O–H groups in total. The summed E-state index contributed by atoms with van der Waals surface area (Å²) in [4.78, 5) is 0. The molecule has 0 aromatic rings. The summed E-state index contributed by atoms with van der Waals surface area (Å²) >= 11 is -0.353. The molecule has 0 unspecified atom stereocenters. The maximum absolute atomic E-state index is 5.41. The zero-order chi connectivity index (χ0) is 6.41. The first-order valence-electron chi connectivity index (χ1n) is 3.12. The summed E-state index contributed by atoms with van der Waals surface area (Å²) < 4.78 is 6.72. The Labute approximate surface area is 64.0 Å². The van der Waals surface area contributed by atoms with E-state index >= 15 is 0 Å². The van der Waals surface area contributed by atoms with Crippen LogP contribution >= 0.6 is 0 Å². The van der Waals surface area contributed by atoms with Crippen LogP contribution in [0.4, 0.5) is 0 Å². The molecule has 48 valence electrons. The molecule has 0 aromatic carbocycles. The van der Waals surface area contributed by atoms with Crippen LogP contribution in [-0.4, -0.2) is 6.61 Å². The van der Waals surface area contributed by atoms with Gasteiger partial charge in [0, 0.05) is 0 Å². The molecule has 1 nitrogen and oxygen atoms in total. The van der Waals surface area contributed by atoms with E-state index in [0.29, 0.717) is 0 Å². The van der Waals surface area contributed by atoms with Crippen LogP contribution in [0.15, 0.2) is 0 Å². The molecule has 0 heterocycles. The molecule has 0 atom stereocenters. The molecular weight excluding hydrogens is 179 g/mol. The third-order valence-electron chi connectivity index (χ3n) is 0.663. The maximum atomic E-state index is 5.41. The molecule has 0 aliphatic rings. The van der Waals surface area contributed by atoms with Gasteiger partial charge in [0.1, 0.15) is 0 Å². The van der Waals surface area contributed by atoms with Crippen LogP contribution < -0.4 is 0 Å². The van der Waals surface area contributed by atoms with Crippen molar-refractivity contribution in [3.8, 4) is 0 Å². The normalized spacial score (nSPS) is 10.0. The summed E-state index contributed by atoms with van der Waals surface area (Å²) in [5.74, 6) is 0.724. The van der Waals surface area contributed by atoms with Crippen molar-refractivity contribution in [2.24, 2.45) is 5.92 Å². The Morgan fingerprint density at radius 3 is 2.50 bits per heavy atom. The van der Waals surface area contributed by atoms with Crippen LogP contribution in [-0.2, 0) is 26.5 Å². The second-order valence-corrected chi connectivity index (χ2v) is 5.36. The summed E-state index contributed by atoms with van der Waals surface area (Å²) in [6.07, 6.45) is 0. The molecule has 0 fully saturated rings.